The number of thiophene rings is 1. The summed E-state index contributed by atoms with van der Waals surface area (Å²) >= 11 is 7.58. The molecule has 0 unspecified atom stereocenters. The Kier molecular flexibility index (Phi) is 10.5. The van der Waals surface area contributed by atoms with Gasteiger partial charge >= 0.3 is 0 Å². The normalized spacial score (nSPS) is 14.5. The zero-order valence-corrected chi connectivity index (χ0v) is 17.8. The highest BCUT2D eigenvalue weighted by Crippen LogP contribution is 2.28. The SMILES string of the molecule is CCNC(=NCCc1ccc(Cl)s1)N(C)CCOCC1CC1.I. The average molecular weight is 472 g/mol. The second-order valence-corrected chi connectivity index (χ2v) is 7.43. The zero-order chi connectivity index (χ0) is 15.8. The maximum absolute atomic E-state index is 5.95. The number of nitrogens with one attached hydrogen (secondary N) is 1. The molecule has 0 aliphatic heterocycles. The third-order valence-electron chi connectivity index (χ3n) is 3.57. The van der Waals surface area contributed by atoms with Crippen molar-refractivity contribution in [3.05, 3.63) is 21.3 Å². The number of halogens is 2. The Hall–Kier alpha value is -0.0500. The summed E-state index contributed by atoms with van der Waals surface area (Å²) in [6.45, 7) is 6.28. The maximum Gasteiger partial charge on any atom is 0.193 e. The van der Waals surface area contributed by atoms with Gasteiger partial charge in [0, 0.05) is 44.6 Å². The first-order chi connectivity index (χ1) is 10.7. The van der Waals surface area contributed by atoms with E-state index < -0.39 is 0 Å². The first-order valence-corrected chi connectivity index (χ1v) is 9.20. The third-order valence-corrected chi connectivity index (χ3v) is 4.86. The minimum absolute atomic E-state index is 0. The van der Waals surface area contributed by atoms with Gasteiger partial charge in [0.05, 0.1) is 10.9 Å². The Labute approximate surface area is 165 Å². The van der Waals surface area contributed by atoms with Gasteiger partial charge in [0.1, 0.15) is 0 Å². The molecule has 0 bridgehead atoms. The molecule has 132 valence electrons. The lowest BCUT2D eigenvalue weighted by Crippen LogP contribution is -2.40. The smallest absolute Gasteiger partial charge is 0.193 e. The predicted molar refractivity (Wildman–Crippen MR) is 111 cm³/mol. The van der Waals surface area contributed by atoms with Crippen molar-refractivity contribution in [1.82, 2.24) is 10.2 Å². The fourth-order valence-corrected chi connectivity index (χ4v) is 3.15. The van der Waals surface area contributed by atoms with E-state index in [1.165, 1.54) is 17.7 Å². The molecule has 23 heavy (non-hydrogen) atoms. The Morgan fingerprint density at radius 3 is 2.87 bits per heavy atom. The minimum Gasteiger partial charge on any atom is -0.379 e. The monoisotopic (exact) mass is 471 g/mol. The molecule has 1 aliphatic rings. The van der Waals surface area contributed by atoms with E-state index in [0.717, 1.165) is 55.5 Å². The summed E-state index contributed by atoms with van der Waals surface area (Å²) in [7, 11) is 2.06. The van der Waals surface area contributed by atoms with E-state index in [4.69, 9.17) is 16.3 Å². The van der Waals surface area contributed by atoms with Crippen molar-refractivity contribution in [2.75, 3.05) is 39.9 Å². The van der Waals surface area contributed by atoms with Gasteiger partial charge in [-0.25, -0.2) is 0 Å². The largest absolute Gasteiger partial charge is 0.379 e. The van der Waals surface area contributed by atoms with Crippen molar-refractivity contribution in [2.45, 2.75) is 26.2 Å². The van der Waals surface area contributed by atoms with Crippen molar-refractivity contribution < 1.29 is 4.74 Å². The third kappa shape index (κ3) is 8.56. The van der Waals surface area contributed by atoms with Crippen LogP contribution in [0.5, 0.6) is 0 Å². The fourth-order valence-electron chi connectivity index (χ4n) is 2.07. The highest BCUT2D eigenvalue weighted by atomic mass is 127. The minimum atomic E-state index is 0. The van der Waals surface area contributed by atoms with Crippen molar-refractivity contribution in [1.29, 1.82) is 0 Å². The van der Waals surface area contributed by atoms with Crippen molar-refractivity contribution in [3.63, 3.8) is 0 Å². The van der Waals surface area contributed by atoms with Gasteiger partial charge in [-0.05, 0) is 37.8 Å². The van der Waals surface area contributed by atoms with E-state index in [1.807, 2.05) is 6.07 Å². The van der Waals surface area contributed by atoms with Crippen molar-refractivity contribution in [3.8, 4) is 0 Å². The summed E-state index contributed by atoms with van der Waals surface area (Å²) < 4.78 is 6.54. The van der Waals surface area contributed by atoms with E-state index in [-0.39, 0.29) is 24.0 Å². The van der Waals surface area contributed by atoms with Gasteiger partial charge in [-0.3, -0.25) is 4.99 Å². The van der Waals surface area contributed by atoms with E-state index in [1.54, 1.807) is 11.3 Å². The van der Waals surface area contributed by atoms with Crippen LogP contribution in [0.3, 0.4) is 0 Å². The van der Waals surface area contributed by atoms with Gasteiger partial charge in [0.25, 0.3) is 0 Å². The number of rotatable bonds is 9. The molecule has 2 rings (SSSR count). The number of hydrogen-bond donors (Lipinski definition) is 1. The van der Waals surface area contributed by atoms with Crippen LogP contribution in [-0.4, -0.2) is 50.8 Å². The molecule has 1 aromatic rings. The molecule has 1 fully saturated rings. The summed E-state index contributed by atoms with van der Waals surface area (Å²) in [5, 5.41) is 3.33. The molecule has 0 spiro atoms. The summed E-state index contributed by atoms with van der Waals surface area (Å²) in [4.78, 5) is 8.10. The maximum atomic E-state index is 5.95. The fraction of sp³-hybridized carbons (Fsp3) is 0.688. The number of hydrogen-bond acceptors (Lipinski definition) is 3. The molecule has 1 N–H and O–H groups in total. The number of nitrogens with zero attached hydrogens (tertiary/aromatic N) is 2. The molecule has 1 aliphatic carbocycles. The topological polar surface area (TPSA) is 36.9 Å². The predicted octanol–water partition coefficient (Wildman–Crippen LogP) is 3.89. The Morgan fingerprint density at radius 2 is 2.26 bits per heavy atom. The van der Waals surface area contributed by atoms with Gasteiger partial charge < -0.3 is 15.0 Å². The van der Waals surface area contributed by atoms with Gasteiger partial charge in [0.2, 0.25) is 0 Å². The molecule has 7 heteroatoms. The summed E-state index contributed by atoms with van der Waals surface area (Å²) in [6, 6.07) is 4.02. The van der Waals surface area contributed by atoms with Gasteiger partial charge in [0.15, 0.2) is 5.96 Å². The highest BCUT2D eigenvalue weighted by molar-refractivity contribution is 14.0. The van der Waals surface area contributed by atoms with Crippen LogP contribution in [0.1, 0.15) is 24.6 Å². The van der Waals surface area contributed by atoms with Crippen LogP contribution in [0.25, 0.3) is 0 Å². The molecule has 1 aromatic heterocycles. The zero-order valence-electron chi connectivity index (χ0n) is 13.9. The highest BCUT2D eigenvalue weighted by Gasteiger charge is 2.21. The van der Waals surface area contributed by atoms with Gasteiger partial charge in [-0.15, -0.1) is 35.3 Å². The Balaban J connectivity index is 0.00000264. The molecule has 0 amide bonds. The van der Waals surface area contributed by atoms with Crippen LogP contribution in [0.15, 0.2) is 17.1 Å². The van der Waals surface area contributed by atoms with Crippen molar-refractivity contribution in [2.24, 2.45) is 10.9 Å². The van der Waals surface area contributed by atoms with Crippen LogP contribution >= 0.6 is 46.9 Å². The second-order valence-electron chi connectivity index (χ2n) is 5.63. The van der Waals surface area contributed by atoms with Gasteiger partial charge in [-0.2, -0.15) is 0 Å². The Morgan fingerprint density at radius 1 is 1.48 bits per heavy atom. The first kappa shape index (κ1) is 21.0. The van der Waals surface area contributed by atoms with E-state index in [2.05, 4.69) is 35.2 Å². The number of ether oxygens (including phenoxy) is 1. The van der Waals surface area contributed by atoms with Crippen molar-refractivity contribution >= 4 is 52.9 Å². The molecule has 1 heterocycles. The molecule has 0 atom stereocenters. The van der Waals surface area contributed by atoms with Crippen LogP contribution in [-0.2, 0) is 11.2 Å². The van der Waals surface area contributed by atoms with Crippen LogP contribution in [0, 0.1) is 5.92 Å². The van der Waals surface area contributed by atoms with E-state index in [0.29, 0.717) is 0 Å². The average Bonchev–Trinajstić information content (AvgIpc) is 3.24. The molecule has 0 aromatic carbocycles. The molecule has 1 saturated carbocycles. The molecule has 0 radical (unpaired) electrons. The quantitative estimate of drug-likeness (QED) is 0.257. The lowest BCUT2D eigenvalue weighted by Gasteiger charge is -2.22. The van der Waals surface area contributed by atoms with Gasteiger partial charge in [-0.1, -0.05) is 11.6 Å². The lowest BCUT2D eigenvalue weighted by atomic mass is 10.3. The molecular formula is C16H27ClIN3OS. The lowest BCUT2D eigenvalue weighted by molar-refractivity contribution is 0.115. The number of aliphatic imine (C=N–C) groups is 1. The standard InChI is InChI=1S/C16H26ClN3OS.HI/c1-3-18-16(19-9-8-14-6-7-15(17)22-14)20(2)10-11-21-12-13-4-5-13;/h6-7,13H,3-5,8-12H2,1-2H3,(H,18,19);1H. The molecule has 0 saturated heterocycles. The van der Waals surface area contributed by atoms with E-state index >= 15 is 0 Å². The van der Waals surface area contributed by atoms with E-state index in [9.17, 15) is 0 Å². The van der Waals surface area contributed by atoms with Crippen LogP contribution < -0.4 is 5.32 Å². The number of likely N-dealkylation sites (N-methyl/N-ethyl adjacent to an activating group) is 1. The van der Waals surface area contributed by atoms with Crippen LogP contribution in [0.4, 0.5) is 0 Å². The molecule has 4 nitrogen and oxygen atoms in total. The molecular weight excluding hydrogens is 445 g/mol. The summed E-state index contributed by atoms with van der Waals surface area (Å²) in [6.07, 6.45) is 3.61. The first-order valence-electron chi connectivity index (χ1n) is 8.00. The summed E-state index contributed by atoms with van der Waals surface area (Å²) in [5.41, 5.74) is 0. The number of guanidine groups is 1. The second kappa shape index (κ2) is 11.5. The Bertz CT molecular complexity index is 480. The summed E-state index contributed by atoms with van der Waals surface area (Å²) in [5.74, 6) is 1.77. The van der Waals surface area contributed by atoms with Crippen LogP contribution in [0.2, 0.25) is 4.34 Å².